The first kappa shape index (κ1) is 16.6. The van der Waals surface area contributed by atoms with E-state index in [0.717, 1.165) is 12.1 Å². The first-order chi connectivity index (χ1) is 9.45. The fourth-order valence-corrected chi connectivity index (χ4v) is 2.95. The van der Waals surface area contributed by atoms with Crippen molar-refractivity contribution in [3.05, 3.63) is 18.3 Å². The zero-order valence-electron chi connectivity index (χ0n) is 12.4. The molecule has 1 aromatic rings. The third-order valence-electron chi connectivity index (χ3n) is 2.95. The average molecular weight is 298 g/mol. The Kier molecular flexibility index (Phi) is 6.09. The first-order valence-electron chi connectivity index (χ1n) is 6.71. The van der Waals surface area contributed by atoms with Gasteiger partial charge in [0.25, 0.3) is 0 Å². The summed E-state index contributed by atoms with van der Waals surface area (Å²) < 4.78 is 25.9. The zero-order chi connectivity index (χ0) is 15.2. The highest BCUT2D eigenvalue weighted by atomic mass is 32.2. The molecule has 1 N–H and O–H groups in total. The summed E-state index contributed by atoms with van der Waals surface area (Å²) in [6.45, 7) is 8.43. The molecule has 0 bridgehead atoms. The predicted octanol–water partition coefficient (Wildman–Crippen LogP) is 2.31. The molecule has 0 spiro atoms. The van der Waals surface area contributed by atoms with Gasteiger partial charge in [0.2, 0.25) is 10.0 Å². The maximum Gasteiger partial charge on any atom is 0.244 e. The lowest BCUT2D eigenvalue weighted by Crippen LogP contribution is -2.30. The Morgan fingerprint density at radius 1 is 1.30 bits per heavy atom. The van der Waals surface area contributed by atoms with Gasteiger partial charge in [-0.2, -0.15) is 9.41 Å². The summed E-state index contributed by atoms with van der Waals surface area (Å²) >= 11 is 0. The number of hydrogen-bond donors (Lipinski definition) is 1. The second-order valence-corrected chi connectivity index (χ2v) is 6.22. The summed E-state index contributed by atoms with van der Waals surface area (Å²) in [6, 6.07) is 3.16. The molecule has 0 aliphatic rings. The van der Waals surface area contributed by atoms with Gasteiger partial charge < -0.3 is 0 Å². The van der Waals surface area contributed by atoms with Gasteiger partial charge >= 0.3 is 0 Å². The molecule has 0 unspecified atom stereocenters. The van der Waals surface area contributed by atoms with E-state index in [-0.39, 0.29) is 4.90 Å². The van der Waals surface area contributed by atoms with Crippen LogP contribution in [0.25, 0.3) is 0 Å². The van der Waals surface area contributed by atoms with Crippen molar-refractivity contribution in [3.8, 4) is 0 Å². The summed E-state index contributed by atoms with van der Waals surface area (Å²) in [5.41, 5.74) is 3.75. The van der Waals surface area contributed by atoms with E-state index in [0.29, 0.717) is 18.9 Å². The Labute approximate surface area is 121 Å². The van der Waals surface area contributed by atoms with Gasteiger partial charge in [0.15, 0.2) is 0 Å². The van der Waals surface area contributed by atoms with Gasteiger partial charge in [-0.25, -0.2) is 13.4 Å². The number of hydrazone groups is 1. The molecule has 6 nitrogen and oxygen atoms in total. The largest absolute Gasteiger partial charge is 0.261 e. The minimum absolute atomic E-state index is 0.197. The first-order valence-corrected chi connectivity index (χ1v) is 8.15. The molecule has 112 valence electrons. The van der Waals surface area contributed by atoms with E-state index in [4.69, 9.17) is 0 Å². The molecule has 1 rings (SSSR count). The highest BCUT2D eigenvalue weighted by molar-refractivity contribution is 7.89. The predicted molar refractivity (Wildman–Crippen MR) is 81.4 cm³/mol. The highest BCUT2D eigenvalue weighted by Gasteiger charge is 2.21. The quantitative estimate of drug-likeness (QED) is 0.619. The van der Waals surface area contributed by atoms with E-state index in [1.165, 1.54) is 10.5 Å². The maximum absolute atomic E-state index is 12.3. The Bertz CT molecular complexity index is 548. The van der Waals surface area contributed by atoms with Crippen LogP contribution in [0, 0.1) is 0 Å². The summed E-state index contributed by atoms with van der Waals surface area (Å²) in [4.78, 5) is 4.28. The Morgan fingerprint density at radius 3 is 2.40 bits per heavy atom. The average Bonchev–Trinajstić information content (AvgIpc) is 2.46. The van der Waals surface area contributed by atoms with Crippen molar-refractivity contribution < 1.29 is 8.42 Å². The minimum atomic E-state index is -3.45. The Morgan fingerprint density at radius 2 is 1.95 bits per heavy atom. The van der Waals surface area contributed by atoms with Crippen LogP contribution < -0.4 is 5.43 Å². The van der Waals surface area contributed by atoms with E-state index >= 15 is 0 Å². The van der Waals surface area contributed by atoms with Crippen LogP contribution >= 0.6 is 0 Å². The third-order valence-corrected chi connectivity index (χ3v) is 4.99. The molecular formula is C13H22N4O2S. The van der Waals surface area contributed by atoms with E-state index in [1.807, 2.05) is 27.7 Å². The highest BCUT2D eigenvalue weighted by Crippen LogP contribution is 2.16. The zero-order valence-corrected chi connectivity index (χ0v) is 13.2. The molecule has 7 heteroatoms. The molecule has 0 aliphatic heterocycles. The van der Waals surface area contributed by atoms with E-state index in [2.05, 4.69) is 15.5 Å². The Hall–Kier alpha value is -1.47. The lowest BCUT2D eigenvalue weighted by atomic mass is 10.3. The van der Waals surface area contributed by atoms with Crippen LogP contribution in [0.3, 0.4) is 0 Å². The van der Waals surface area contributed by atoms with Crippen LogP contribution in [0.2, 0.25) is 0 Å². The van der Waals surface area contributed by atoms with Gasteiger partial charge in [0, 0.05) is 25.0 Å². The second kappa shape index (κ2) is 7.35. The second-order valence-electron chi connectivity index (χ2n) is 4.28. The van der Waals surface area contributed by atoms with Crippen molar-refractivity contribution in [1.29, 1.82) is 0 Å². The van der Waals surface area contributed by atoms with Gasteiger partial charge in [0.05, 0.1) is 0 Å². The standard InChI is InChI=1S/C13H22N4O2S/c1-5-11(4)15-16-13-9-8-12(10-14-13)20(18,19)17(6-2)7-3/h8-10H,5-7H2,1-4H3,(H,14,16). The number of hydrogen-bond acceptors (Lipinski definition) is 5. The normalized spacial score (nSPS) is 12.8. The van der Waals surface area contributed by atoms with Crippen molar-refractivity contribution >= 4 is 21.6 Å². The fourth-order valence-electron chi connectivity index (χ4n) is 1.54. The number of nitrogens with zero attached hydrogens (tertiary/aromatic N) is 3. The third kappa shape index (κ3) is 4.01. The van der Waals surface area contributed by atoms with Gasteiger partial charge in [-0.05, 0) is 25.5 Å². The smallest absolute Gasteiger partial charge is 0.244 e. The maximum atomic E-state index is 12.3. The van der Waals surface area contributed by atoms with Crippen molar-refractivity contribution in [2.24, 2.45) is 5.10 Å². The topological polar surface area (TPSA) is 74.7 Å². The summed E-state index contributed by atoms with van der Waals surface area (Å²) in [7, 11) is -3.45. The lowest BCUT2D eigenvalue weighted by molar-refractivity contribution is 0.445. The molecule has 20 heavy (non-hydrogen) atoms. The number of aromatic nitrogens is 1. The number of nitrogens with one attached hydrogen (secondary N) is 1. The summed E-state index contributed by atoms with van der Waals surface area (Å²) in [5.74, 6) is 0.524. The van der Waals surface area contributed by atoms with Crippen LogP contribution in [0.5, 0.6) is 0 Å². The molecule has 0 radical (unpaired) electrons. The van der Waals surface area contributed by atoms with E-state index in [9.17, 15) is 8.42 Å². The van der Waals surface area contributed by atoms with E-state index < -0.39 is 10.0 Å². The van der Waals surface area contributed by atoms with Gasteiger partial charge in [-0.15, -0.1) is 0 Å². The van der Waals surface area contributed by atoms with Crippen molar-refractivity contribution in [3.63, 3.8) is 0 Å². The van der Waals surface area contributed by atoms with Crippen LogP contribution in [-0.4, -0.2) is 36.5 Å². The monoisotopic (exact) mass is 298 g/mol. The van der Waals surface area contributed by atoms with Crippen LogP contribution in [0.1, 0.15) is 34.1 Å². The van der Waals surface area contributed by atoms with Gasteiger partial charge in [-0.3, -0.25) is 5.43 Å². The molecule has 0 amide bonds. The number of anilines is 1. The molecule has 1 heterocycles. The fraction of sp³-hybridized carbons (Fsp3) is 0.538. The summed E-state index contributed by atoms with van der Waals surface area (Å²) in [5, 5.41) is 4.12. The number of sulfonamides is 1. The molecule has 1 aromatic heterocycles. The van der Waals surface area contributed by atoms with Gasteiger partial charge in [0.1, 0.15) is 10.7 Å². The molecule has 0 atom stereocenters. The minimum Gasteiger partial charge on any atom is -0.261 e. The molecule has 0 saturated heterocycles. The van der Waals surface area contributed by atoms with Crippen molar-refractivity contribution in [2.45, 2.75) is 39.0 Å². The van der Waals surface area contributed by atoms with Crippen LogP contribution in [0.15, 0.2) is 28.3 Å². The summed E-state index contributed by atoms with van der Waals surface area (Å²) in [6.07, 6.45) is 2.20. The van der Waals surface area contributed by atoms with Crippen LogP contribution in [-0.2, 0) is 10.0 Å². The molecule has 0 aromatic carbocycles. The molecular weight excluding hydrogens is 276 g/mol. The SMILES string of the molecule is CCC(C)=NNc1ccc(S(=O)(=O)N(CC)CC)cn1. The molecule has 0 aliphatic carbocycles. The molecule has 0 saturated carbocycles. The Balaban J connectivity index is 2.91. The van der Waals surface area contributed by atoms with Crippen molar-refractivity contribution in [2.75, 3.05) is 18.5 Å². The van der Waals surface area contributed by atoms with Crippen molar-refractivity contribution in [1.82, 2.24) is 9.29 Å². The van der Waals surface area contributed by atoms with Crippen LogP contribution in [0.4, 0.5) is 5.82 Å². The van der Waals surface area contributed by atoms with Gasteiger partial charge in [-0.1, -0.05) is 20.8 Å². The number of rotatable bonds is 7. The lowest BCUT2D eigenvalue weighted by Gasteiger charge is -2.18. The number of pyridine rings is 1. The molecule has 0 fully saturated rings. The van der Waals surface area contributed by atoms with E-state index in [1.54, 1.807) is 12.1 Å².